The largest absolute Gasteiger partial charge is 0.465 e. The van der Waals surface area contributed by atoms with Gasteiger partial charge >= 0.3 is 0 Å². The standard InChI is InChI=1S/C11H12N2O2/c1-2-5-13-11(14)9(8-12)7-10-4-3-6-15-10/h3-4,6-7H,2,5H2,1H3,(H,13,14)/b9-7-. The second kappa shape index (κ2) is 5.66. The Bertz CT molecular complexity index is 385. The van der Waals surface area contributed by atoms with Crippen molar-refractivity contribution in [1.82, 2.24) is 5.32 Å². The predicted octanol–water partition coefficient (Wildman–Crippen LogP) is 1.71. The highest BCUT2D eigenvalue weighted by Crippen LogP contribution is 2.06. The third kappa shape index (κ3) is 3.31. The molecular weight excluding hydrogens is 192 g/mol. The molecule has 0 aliphatic carbocycles. The highest BCUT2D eigenvalue weighted by atomic mass is 16.3. The lowest BCUT2D eigenvalue weighted by molar-refractivity contribution is -0.117. The molecule has 1 aromatic heterocycles. The highest BCUT2D eigenvalue weighted by molar-refractivity contribution is 6.01. The number of carbonyl (C=O) groups is 1. The van der Waals surface area contributed by atoms with Gasteiger partial charge in [0.05, 0.1) is 6.26 Å². The molecule has 1 N–H and O–H groups in total. The lowest BCUT2D eigenvalue weighted by Crippen LogP contribution is -2.25. The number of nitrogens with one attached hydrogen (secondary N) is 1. The topological polar surface area (TPSA) is 66.0 Å². The number of furan rings is 1. The average molecular weight is 204 g/mol. The van der Waals surface area contributed by atoms with Gasteiger partial charge in [0.15, 0.2) is 0 Å². The molecule has 0 bridgehead atoms. The number of nitriles is 1. The Hall–Kier alpha value is -2.02. The Labute approximate surface area is 88.2 Å². The minimum Gasteiger partial charge on any atom is -0.465 e. The van der Waals surface area contributed by atoms with Gasteiger partial charge in [-0.25, -0.2) is 0 Å². The molecule has 4 heteroatoms. The van der Waals surface area contributed by atoms with Crippen molar-refractivity contribution in [3.63, 3.8) is 0 Å². The van der Waals surface area contributed by atoms with E-state index in [0.29, 0.717) is 12.3 Å². The molecule has 0 aliphatic heterocycles. The van der Waals surface area contributed by atoms with Gasteiger partial charge in [-0.3, -0.25) is 4.79 Å². The van der Waals surface area contributed by atoms with Crippen LogP contribution in [0.25, 0.3) is 6.08 Å². The van der Waals surface area contributed by atoms with Gasteiger partial charge in [0, 0.05) is 12.6 Å². The van der Waals surface area contributed by atoms with Gasteiger partial charge in [0.1, 0.15) is 17.4 Å². The highest BCUT2D eigenvalue weighted by Gasteiger charge is 2.08. The maximum absolute atomic E-state index is 11.4. The third-order valence-electron chi connectivity index (χ3n) is 1.73. The fourth-order valence-corrected chi connectivity index (χ4v) is 0.998. The lowest BCUT2D eigenvalue weighted by atomic mass is 10.2. The normalized spacial score (nSPS) is 10.8. The molecule has 4 nitrogen and oxygen atoms in total. The maximum Gasteiger partial charge on any atom is 0.262 e. The summed E-state index contributed by atoms with van der Waals surface area (Å²) in [5, 5.41) is 11.4. The van der Waals surface area contributed by atoms with Crippen LogP contribution in [0.2, 0.25) is 0 Å². The summed E-state index contributed by atoms with van der Waals surface area (Å²) >= 11 is 0. The monoisotopic (exact) mass is 204 g/mol. The van der Waals surface area contributed by atoms with Gasteiger partial charge in [-0.05, 0) is 18.6 Å². The molecule has 78 valence electrons. The van der Waals surface area contributed by atoms with Gasteiger partial charge in [-0.1, -0.05) is 6.92 Å². The van der Waals surface area contributed by atoms with Crippen LogP contribution in [-0.4, -0.2) is 12.5 Å². The molecule has 0 unspecified atom stereocenters. The third-order valence-corrected chi connectivity index (χ3v) is 1.73. The summed E-state index contributed by atoms with van der Waals surface area (Å²) in [6.07, 6.45) is 3.75. The lowest BCUT2D eigenvalue weighted by Gasteiger charge is -2.00. The van der Waals surface area contributed by atoms with Crippen molar-refractivity contribution in [2.75, 3.05) is 6.54 Å². The summed E-state index contributed by atoms with van der Waals surface area (Å²) in [5.41, 5.74) is 0.0541. The van der Waals surface area contributed by atoms with Gasteiger partial charge in [0.25, 0.3) is 5.91 Å². The molecular formula is C11H12N2O2. The van der Waals surface area contributed by atoms with Crippen molar-refractivity contribution in [2.45, 2.75) is 13.3 Å². The van der Waals surface area contributed by atoms with Gasteiger partial charge in [-0.2, -0.15) is 5.26 Å². The molecule has 0 aromatic carbocycles. The van der Waals surface area contributed by atoms with E-state index >= 15 is 0 Å². The molecule has 0 fully saturated rings. The van der Waals surface area contributed by atoms with Crippen LogP contribution in [0.1, 0.15) is 19.1 Å². The van der Waals surface area contributed by atoms with Crippen molar-refractivity contribution in [2.24, 2.45) is 0 Å². The summed E-state index contributed by atoms with van der Waals surface area (Å²) in [7, 11) is 0. The van der Waals surface area contributed by atoms with E-state index in [1.165, 1.54) is 12.3 Å². The van der Waals surface area contributed by atoms with E-state index in [1.807, 2.05) is 13.0 Å². The SMILES string of the molecule is CCCNC(=O)/C(C#N)=C\c1ccco1. The zero-order chi connectivity index (χ0) is 11.1. The summed E-state index contributed by atoms with van der Waals surface area (Å²) in [6, 6.07) is 5.22. The Morgan fingerprint density at radius 1 is 1.73 bits per heavy atom. The molecule has 15 heavy (non-hydrogen) atoms. The number of carbonyl (C=O) groups excluding carboxylic acids is 1. The van der Waals surface area contributed by atoms with Crippen molar-refractivity contribution in [3.05, 3.63) is 29.7 Å². The quantitative estimate of drug-likeness (QED) is 0.599. The van der Waals surface area contributed by atoms with Crippen LogP contribution in [0.15, 0.2) is 28.4 Å². The molecule has 0 spiro atoms. The first kappa shape index (κ1) is 11.1. The smallest absolute Gasteiger partial charge is 0.262 e. The summed E-state index contributed by atoms with van der Waals surface area (Å²) in [6.45, 7) is 2.51. The number of hydrogen-bond donors (Lipinski definition) is 1. The number of hydrogen-bond acceptors (Lipinski definition) is 3. The Kier molecular flexibility index (Phi) is 4.17. The van der Waals surface area contributed by atoms with E-state index in [-0.39, 0.29) is 11.5 Å². The Morgan fingerprint density at radius 2 is 2.53 bits per heavy atom. The summed E-state index contributed by atoms with van der Waals surface area (Å²) in [4.78, 5) is 11.4. The van der Waals surface area contributed by atoms with E-state index in [1.54, 1.807) is 12.1 Å². The fourth-order valence-electron chi connectivity index (χ4n) is 0.998. The van der Waals surface area contributed by atoms with E-state index in [9.17, 15) is 4.79 Å². The van der Waals surface area contributed by atoms with Crippen LogP contribution in [-0.2, 0) is 4.79 Å². The fraction of sp³-hybridized carbons (Fsp3) is 0.273. The maximum atomic E-state index is 11.4. The summed E-state index contributed by atoms with van der Waals surface area (Å²) < 4.78 is 5.01. The van der Waals surface area contributed by atoms with Crippen LogP contribution in [0.5, 0.6) is 0 Å². The van der Waals surface area contributed by atoms with E-state index in [4.69, 9.17) is 9.68 Å². The van der Waals surface area contributed by atoms with Gasteiger partial charge in [-0.15, -0.1) is 0 Å². The van der Waals surface area contributed by atoms with Crippen molar-refractivity contribution < 1.29 is 9.21 Å². The van der Waals surface area contributed by atoms with Crippen LogP contribution in [0, 0.1) is 11.3 Å². The Morgan fingerprint density at radius 3 is 3.07 bits per heavy atom. The summed E-state index contributed by atoms with van der Waals surface area (Å²) in [5.74, 6) is 0.133. The van der Waals surface area contributed by atoms with Gasteiger partial charge in [0.2, 0.25) is 0 Å². The molecule has 0 atom stereocenters. The second-order valence-corrected chi connectivity index (χ2v) is 2.94. The van der Waals surface area contributed by atoms with E-state index in [2.05, 4.69) is 5.32 Å². The van der Waals surface area contributed by atoms with Crippen LogP contribution >= 0.6 is 0 Å². The molecule has 0 saturated heterocycles. The molecule has 1 heterocycles. The molecule has 1 aromatic rings. The second-order valence-electron chi connectivity index (χ2n) is 2.94. The van der Waals surface area contributed by atoms with Crippen molar-refractivity contribution in [3.8, 4) is 6.07 Å². The first-order valence-electron chi connectivity index (χ1n) is 4.71. The van der Waals surface area contributed by atoms with Crippen LogP contribution in [0.4, 0.5) is 0 Å². The molecule has 1 rings (SSSR count). The first-order chi connectivity index (χ1) is 7.27. The number of rotatable bonds is 4. The molecule has 0 aliphatic rings. The zero-order valence-corrected chi connectivity index (χ0v) is 8.49. The minimum absolute atomic E-state index is 0.0541. The van der Waals surface area contributed by atoms with Crippen LogP contribution < -0.4 is 5.32 Å². The van der Waals surface area contributed by atoms with E-state index in [0.717, 1.165) is 6.42 Å². The van der Waals surface area contributed by atoms with Crippen molar-refractivity contribution in [1.29, 1.82) is 5.26 Å². The minimum atomic E-state index is -0.365. The Balaban J connectivity index is 2.72. The van der Waals surface area contributed by atoms with E-state index < -0.39 is 0 Å². The molecule has 0 radical (unpaired) electrons. The average Bonchev–Trinajstić information content (AvgIpc) is 2.75. The number of nitrogens with zero attached hydrogens (tertiary/aromatic N) is 1. The van der Waals surface area contributed by atoms with Crippen molar-refractivity contribution >= 4 is 12.0 Å². The first-order valence-corrected chi connectivity index (χ1v) is 4.71. The van der Waals surface area contributed by atoms with Crippen LogP contribution in [0.3, 0.4) is 0 Å². The molecule has 1 amide bonds. The molecule has 0 saturated carbocycles. The number of amides is 1. The van der Waals surface area contributed by atoms with Gasteiger partial charge < -0.3 is 9.73 Å². The zero-order valence-electron chi connectivity index (χ0n) is 8.49. The predicted molar refractivity (Wildman–Crippen MR) is 55.6 cm³/mol.